The van der Waals surface area contributed by atoms with Crippen LogP contribution in [0.2, 0.25) is 3.72 Å². The van der Waals surface area contributed by atoms with Crippen molar-refractivity contribution in [3.05, 3.63) is 95.6 Å². The van der Waals surface area contributed by atoms with Gasteiger partial charge in [0.2, 0.25) is 0 Å². The van der Waals surface area contributed by atoms with Gasteiger partial charge in [0.15, 0.2) is 0 Å². The van der Waals surface area contributed by atoms with Crippen LogP contribution in [0, 0.1) is 5.41 Å². The van der Waals surface area contributed by atoms with Gasteiger partial charge in [0.05, 0.1) is 0 Å². The fourth-order valence-corrected chi connectivity index (χ4v) is 6.23. The van der Waals surface area contributed by atoms with Crippen LogP contribution >= 0.6 is 0 Å². The Hall–Kier alpha value is -0.496. The second-order valence-electron chi connectivity index (χ2n) is 8.74. The van der Waals surface area contributed by atoms with E-state index in [4.69, 9.17) is 0 Å². The monoisotopic (exact) mass is 496 g/mol. The molecule has 0 aliphatic heterocycles. The van der Waals surface area contributed by atoms with E-state index >= 15 is 0 Å². The van der Waals surface area contributed by atoms with Gasteiger partial charge in [0.1, 0.15) is 0 Å². The summed E-state index contributed by atoms with van der Waals surface area (Å²) in [4.78, 5) is 0. The molecule has 0 bridgehead atoms. The summed E-state index contributed by atoms with van der Waals surface area (Å²) in [6.45, 7) is 9.36. The van der Waals surface area contributed by atoms with Crippen molar-refractivity contribution in [2.45, 2.75) is 56.1 Å². The summed E-state index contributed by atoms with van der Waals surface area (Å²) in [5.41, 5.74) is 4.43. The van der Waals surface area contributed by atoms with Crippen LogP contribution in [0.3, 0.4) is 0 Å². The smallest absolute Gasteiger partial charge is 1.00 e. The number of unbranched alkanes of at least 4 members (excludes halogenated alkanes) is 1. The molecule has 4 heteroatoms. The van der Waals surface area contributed by atoms with E-state index < -0.39 is 0 Å². The van der Waals surface area contributed by atoms with Crippen LogP contribution in [0.5, 0.6) is 0 Å². The molecule has 160 valence electrons. The summed E-state index contributed by atoms with van der Waals surface area (Å²) in [5.74, 6) is 0. The zero-order valence-electron chi connectivity index (χ0n) is 18.3. The van der Waals surface area contributed by atoms with Gasteiger partial charge in [0.25, 0.3) is 0 Å². The first-order valence-corrected chi connectivity index (χ1v) is 10.9. The Kier molecular flexibility index (Phi) is 11.7. The van der Waals surface area contributed by atoms with E-state index in [-0.39, 0.29) is 51.8 Å². The van der Waals surface area contributed by atoms with Crippen LogP contribution in [0.15, 0.2) is 84.5 Å². The molecule has 1 atom stereocenters. The first kappa shape index (κ1) is 29.5. The molecule has 0 aromatic heterocycles. The zero-order chi connectivity index (χ0) is 19.5. The summed E-state index contributed by atoms with van der Waals surface area (Å²) in [5, 5.41) is 0. The predicted molar refractivity (Wildman–Crippen MR) is 113 cm³/mol. The maximum atomic E-state index is 2.46. The number of benzene rings is 2. The first-order valence-electron chi connectivity index (χ1n) is 10.1. The van der Waals surface area contributed by atoms with E-state index in [9.17, 15) is 0 Å². The second kappa shape index (κ2) is 11.9. The zero-order valence-corrected chi connectivity index (χ0v) is 22.1. The average molecular weight is 498 g/mol. The Morgan fingerprint density at radius 1 is 0.800 bits per heavy atom. The van der Waals surface area contributed by atoms with Crippen LogP contribution in [0.1, 0.15) is 58.1 Å². The molecular formula is C26H31Cl3Ti. The molecule has 3 rings (SSSR count). The Morgan fingerprint density at radius 2 is 1.27 bits per heavy atom. The van der Waals surface area contributed by atoms with Gasteiger partial charge in [-0.15, -0.1) is 0 Å². The molecule has 30 heavy (non-hydrogen) atoms. The van der Waals surface area contributed by atoms with Gasteiger partial charge in [0, 0.05) is 0 Å². The minimum absolute atomic E-state index is 0. The van der Waals surface area contributed by atoms with Crippen molar-refractivity contribution in [3.8, 4) is 0 Å². The molecule has 0 spiro atoms. The van der Waals surface area contributed by atoms with Crippen LogP contribution in [-0.2, 0) is 25.9 Å². The minimum atomic E-state index is -0.0718. The maximum Gasteiger partial charge on any atom is -1.00 e. The third-order valence-corrected chi connectivity index (χ3v) is 7.30. The van der Waals surface area contributed by atoms with Gasteiger partial charge in [-0.2, -0.15) is 0 Å². The molecule has 0 fully saturated rings. The summed E-state index contributed by atoms with van der Waals surface area (Å²) in [6, 6.07) is 22.4. The third-order valence-electron chi connectivity index (χ3n) is 5.95. The van der Waals surface area contributed by atoms with Gasteiger partial charge < -0.3 is 37.2 Å². The van der Waals surface area contributed by atoms with E-state index in [1.165, 1.54) is 29.5 Å². The summed E-state index contributed by atoms with van der Waals surface area (Å²) < 4.78 is -0.0525. The Bertz CT molecular complexity index is 783. The van der Waals surface area contributed by atoms with Crippen LogP contribution in [0.4, 0.5) is 0 Å². The third kappa shape index (κ3) is 5.28. The van der Waals surface area contributed by atoms with Gasteiger partial charge in [-0.05, 0) is 0 Å². The normalized spacial score (nSPS) is 18.0. The summed E-state index contributed by atoms with van der Waals surface area (Å²) >= 11 is 2.46. The second-order valence-corrected chi connectivity index (χ2v) is 9.97. The molecule has 0 saturated heterocycles. The van der Waals surface area contributed by atoms with Crippen LogP contribution < -0.4 is 37.2 Å². The van der Waals surface area contributed by atoms with Crippen molar-refractivity contribution in [1.29, 1.82) is 0 Å². The van der Waals surface area contributed by atoms with Crippen molar-refractivity contribution < 1.29 is 57.7 Å². The number of hydrogen-bond donors (Lipinski definition) is 0. The SMILES string of the molecule is CCCCC(c1ccccc1)(c1ccccc1)[C]1([Ti+3])C=CC=C1C(C)(C)C.[Cl-].[Cl-].[Cl-]. The first-order chi connectivity index (χ1) is 12.9. The quantitative estimate of drug-likeness (QED) is 0.423. The van der Waals surface area contributed by atoms with Crippen molar-refractivity contribution >= 4 is 0 Å². The molecule has 1 unspecified atom stereocenters. The number of rotatable bonds is 6. The average Bonchev–Trinajstić information content (AvgIpc) is 3.07. The Morgan fingerprint density at radius 3 is 1.67 bits per heavy atom. The molecule has 0 amide bonds. The van der Waals surface area contributed by atoms with E-state index in [1.807, 2.05) is 0 Å². The largest absolute Gasteiger partial charge is 1.00 e. The summed E-state index contributed by atoms with van der Waals surface area (Å²) in [7, 11) is 0. The molecule has 0 radical (unpaired) electrons. The van der Waals surface area contributed by atoms with E-state index in [2.05, 4.69) is 127 Å². The minimum Gasteiger partial charge on any atom is -1.00 e. The Balaban J connectivity index is 0.00000280. The number of halogens is 3. The fourth-order valence-electron chi connectivity index (χ4n) is 4.72. The molecule has 2 aromatic carbocycles. The fraction of sp³-hybridized carbons (Fsp3) is 0.385. The van der Waals surface area contributed by atoms with E-state index in [0.717, 1.165) is 6.42 Å². The molecule has 0 heterocycles. The number of hydrogen-bond acceptors (Lipinski definition) is 0. The molecule has 1 aliphatic carbocycles. The van der Waals surface area contributed by atoms with Crippen molar-refractivity contribution in [2.75, 3.05) is 0 Å². The standard InChI is InChI=1S/C26H31.3ClH.Ti/c1-5-6-20-26(21-14-9-7-10-15-21,22-16-11-8-12-17-22)24-19-13-18-23(24)25(2,3)4;;;;/h7-19H,5-6,20H2,1-4H3;3*1H;/q;;;;+3/p-3. The van der Waals surface area contributed by atoms with Crippen LogP contribution in [-0.4, -0.2) is 0 Å². The molecule has 0 N–H and O–H groups in total. The topological polar surface area (TPSA) is 0 Å². The predicted octanol–water partition coefficient (Wildman–Crippen LogP) is -1.58. The van der Waals surface area contributed by atoms with Crippen LogP contribution in [0.25, 0.3) is 0 Å². The van der Waals surface area contributed by atoms with Gasteiger partial charge in [-0.1, -0.05) is 0 Å². The van der Waals surface area contributed by atoms with Crippen molar-refractivity contribution in [1.82, 2.24) is 0 Å². The van der Waals surface area contributed by atoms with Gasteiger partial charge >= 0.3 is 178 Å². The molecule has 0 saturated carbocycles. The molecule has 2 aromatic rings. The summed E-state index contributed by atoms with van der Waals surface area (Å²) in [6.07, 6.45) is 10.7. The molecule has 0 nitrogen and oxygen atoms in total. The van der Waals surface area contributed by atoms with Crippen molar-refractivity contribution in [2.24, 2.45) is 5.41 Å². The van der Waals surface area contributed by atoms with E-state index in [1.54, 1.807) is 0 Å². The van der Waals surface area contributed by atoms with E-state index in [0.29, 0.717) is 0 Å². The number of allylic oxidation sites excluding steroid dienone is 4. The maximum absolute atomic E-state index is 2.46. The molecule has 1 aliphatic rings. The van der Waals surface area contributed by atoms with Gasteiger partial charge in [-0.3, -0.25) is 0 Å². The molecular weight excluding hydrogens is 467 g/mol. The Labute approximate surface area is 213 Å². The van der Waals surface area contributed by atoms with Gasteiger partial charge in [-0.25, -0.2) is 0 Å². The van der Waals surface area contributed by atoms with Crippen molar-refractivity contribution in [3.63, 3.8) is 0 Å².